The number of hydrogen-bond donors (Lipinski definition) is 2. The fourth-order valence-corrected chi connectivity index (χ4v) is 0.0791. The normalized spacial score (nSPS) is 12.0. The molecule has 0 aliphatic rings. The van der Waals surface area contributed by atoms with Crippen LogP contribution in [0.3, 0.4) is 0 Å². The Morgan fingerprint density at radius 3 is 2.00 bits per heavy atom. The SMILES string of the molecule is CCC(C)(C)NO. The minimum atomic E-state index is -0.111. The van der Waals surface area contributed by atoms with Crippen LogP contribution in [0, 0.1) is 0 Å². The molecule has 2 nitrogen and oxygen atoms in total. The first-order chi connectivity index (χ1) is 3.12. The van der Waals surface area contributed by atoms with Gasteiger partial charge in [-0.1, -0.05) is 6.92 Å². The van der Waals surface area contributed by atoms with Crippen LogP contribution >= 0.6 is 0 Å². The molecule has 0 saturated carbocycles. The molecule has 2 heteroatoms. The third-order valence-electron chi connectivity index (χ3n) is 1.19. The van der Waals surface area contributed by atoms with Crippen molar-refractivity contribution < 1.29 is 5.21 Å². The Morgan fingerprint density at radius 2 is 2.00 bits per heavy atom. The van der Waals surface area contributed by atoms with E-state index >= 15 is 0 Å². The van der Waals surface area contributed by atoms with Crippen LogP contribution in [0.4, 0.5) is 0 Å². The molecular formula is C5H13NO. The molecule has 0 saturated heterocycles. The van der Waals surface area contributed by atoms with E-state index in [1.54, 1.807) is 0 Å². The van der Waals surface area contributed by atoms with Gasteiger partial charge in [0.2, 0.25) is 0 Å². The van der Waals surface area contributed by atoms with Crippen LogP contribution in [0.5, 0.6) is 0 Å². The Labute approximate surface area is 44.5 Å². The van der Waals surface area contributed by atoms with Gasteiger partial charge in [-0.05, 0) is 20.3 Å². The van der Waals surface area contributed by atoms with E-state index in [4.69, 9.17) is 5.21 Å². The van der Waals surface area contributed by atoms with Gasteiger partial charge in [-0.3, -0.25) is 0 Å². The fraction of sp³-hybridized carbons (Fsp3) is 1.00. The zero-order chi connectivity index (χ0) is 5.91. The summed E-state index contributed by atoms with van der Waals surface area (Å²) in [7, 11) is 0. The second-order valence-electron chi connectivity index (χ2n) is 2.35. The van der Waals surface area contributed by atoms with Crippen molar-refractivity contribution >= 4 is 0 Å². The van der Waals surface area contributed by atoms with Crippen molar-refractivity contribution in [2.24, 2.45) is 0 Å². The van der Waals surface area contributed by atoms with Gasteiger partial charge in [0.15, 0.2) is 0 Å². The van der Waals surface area contributed by atoms with E-state index in [1.807, 2.05) is 20.8 Å². The van der Waals surface area contributed by atoms with Crippen molar-refractivity contribution in [3.05, 3.63) is 0 Å². The van der Waals surface area contributed by atoms with Crippen molar-refractivity contribution in [2.75, 3.05) is 0 Å². The number of hydroxylamine groups is 1. The van der Waals surface area contributed by atoms with Crippen LogP contribution in [0.25, 0.3) is 0 Å². The van der Waals surface area contributed by atoms with Crippen LogP contribution in [0.1, 0.15) is 27.2 Å². The lowest BCUT2D eigenvalue weighted by Crippen LogP contribution is -2.35. The summed E-state index contributed by atoms with van der Waals surface area (Å²) in [6.07, 6.45) is 0.934. The summed E-state index contributed by atoms with van der Waals surface area (Å²) in [5.41, 5.74) is 2.08. The molecule has 0 spiro atoms. The van der Waals surface area contributed by atoms with Gasteiger partial charge in [-0.15, -0.1) is 0 Å². The molecule has 0 aromatic rings. The lowest BCUT2D eigenvalue weighted by Gasteiger charge is -2.18. The third-order valence-corrected chi connectivity index (χ3v) is 1.19. The maximum atomic E-state index is 8.34. The molecule has 0 bridgehead atoms. The van der Waals surface area contributed by atoms with Crippen LogP contribution in [-0.4, -0.2) is 10.7 Å². The summed E-state index contributed by atoms with van der Waals surface area (Å²) in [5.74, 6) is 0. The first-order valence-electron chi connectivity index (χ1n) is 2.53. The Balaban J connectivity index is 3.36. The second-order valence-corrected chi connectivity index (χ2v) is 2.35. The van der Waals surface area contributed by atoms with Crippen LogP contribution in [0.2, 0.25) is 0 Å². The highest BCUT2D eigenvalue weighted by Crippen LogP contribution is 2.03. The van der Waals surface area contributed by atoms with E-state index in [-0.39, 0.29) is 5.54 Å². The molecule has 44 valence electrons. The molecule has 0 heterocycles. The molecule has 0 atom stereocenters. The van der Waals surface area contributed by atoms with Crippen LogP contribution in [0.15, 0.2) is 0 Å². The molecule has 0 unspecified atom stereocenters. The topological polar surface area (TPSA) is 32.3 Å². The Hall–Kier alpha value is -0.0800. The highest BCUT2D eigenvalue weighted by Gasteiger charge is 2.10. The molecule has 0 aliphatic heterocycles. The lowest BCUT2D eigenvalue weighted by molar-refractivity contribution is 0.0794. The number of rotatable bonds is 2. The maximum absolute atomic E-state index is 8.34. The van der Waals surface area contributed by atoms with Gasteiger partial charge < -0.3 is 5.21 Å². The van der Waals surface area contributed by atoms with Crippen LogP contribution in [-0.2, 0) is 0 Å². The molecule has 0 aromatic carbocycles. The molecule has 0 amide bonds. The van der Waals surface area contributed by atoms with Gasteiger partial charge in [0.05, 0.1) is 0 Å². The van der Waals surface area contributed by atoms with Gasteiger partial charge in [0, 0.05) is 5.54 Å². The fourth-order valence-electron chi connectivity index (χ4n) is 0.0791. The molecule has 0 rings (SSSR count). The van der Waals surface area contributed by atoms with Crippen molar-refractivity contribution in [1.82, 2.24) is 5.48 Å². The van der Waals surface area contributed by atoms with Gasteiger partial charge in [-0.2, -0.15) is 0 Å². The zero-order valence-electron chi connectivity index (χ0n) is 5.15. The summed E-state index contributed by atoms with van der Waals surface area (Å²) in [6, 6.07) is 0. The highest BCUT2D eigenvalue weighted by atomic mass is 16.5. The largest absolute Gasteiger partial charge is 0.316 e. The van der Waals surface area contributed by atoms with Gasteiger partial charge >= 0.3 is 0 Å². The van der Waals surface area contributed by atoms with Crippen molar-refractivity contribution in [1.29, 1.82) is 0 Å². The standard InChI is InChI=1S/C5H13NO/c1-4-5(2,3)6-7/h6-7H,4H2,1-3H3. The van der Waals surface area contributed by atoms with Crippen molar-refractivity contribution in [2.45, 2.75) is 32.7 Å². The monoisotopic (exact) mass is 103 g/mol. The maximum Gasteiger partial charge on any atom is 0.0371 e. The quantitative estimate of drug-likeness (QED) is 0.514. The first kappa shape index (κ1) is 6.92. The van der Waals surface area contributed by atoms with Crippen molar-refractivity contribution in [3.8, 4) is 0 Å². The summed E-state index contributed by atoms with van der Waals surface area (Å²) in [4.78, 5) is 0. The molecule has 2 N–H and O–H groups in total. The summed E-state index contributed by atoms with van der Waals surface area (Å²) < 4.78 is 0. The predicted molar refractivity (Wildman–Crippen MR) is 29.3 cm³/mol. The third kappa shape index (κ3) is 2.60. The van der Waals surface area contributed by atoms with E-state index in [1.165, 1.54) is 0 Å². The Bertz CT molecular complexity index is 46.0. The first-order valence-corrected chi connectivity index (χ1v) is 2.53. The summed E-state index contributed by atoms with van der Waals surface area (Å²) in [5, 5.41) is 8.34. The second kappa shape index (κ2) is 2.28. The highest BCUT2D eigenvalue weighted by molar-refractivity contribution is 4.68. The Morgan fingerprint density at radius 1 is 1.57 bits per heavy atom. The van der Waals surface area contributed by atoms with Gasteiger partial charge in [0.1, 0.15) is 0 Å². The molecule has 0 fully saturated rings. The smallest absolute Gasteiger partial charge is 0.0371 e. The van der Waals surface area contributed by atoms with Crippen LogP contribution < -0.4 is 5.48 Å². The van der Waals surface area contributed by atoms with E-state index in [2.05, 4.69) is 5.48 Å². The Kier molecular flexibility index (Phi) is 2.26. The van der Waals surface area contributed by atoms with E-state index in [0.29, 0.717) is 0 Å². The zero-order valence-corrected chi connectivity index (χ0v) is 5.15. The van der Waals surface area contributed by atoms with Gasteiger partial charge in [0.25, 0.3) is 0 Å². The van der Waals surface area contributed by atoms with E-state index in [9.17, 15) is 0 Å². The summed E-state index contributed by atoms with van der Waals surface area (Å²) >= 11 is 0. The lowest BCUT2D eigenvalue weighted by atomic mass is 10.0. The predicted octanol–water partition coefficient (Wildman–Crippen LogP) is 1.15. The number of hydrogen-bond acceptors (Lipinski definition) is 2. The average Bonchev–Trinajstić information content (AvgIpc) is 1.68. The molecule has 0 aliphatic carbocycles. The van der Waals surface area contributed by atoms with E-state index in [0.717, 1.165) is 6.42 Å². The molecule has 0 radical (unpaired) electrons. The summed E-state index contributed by atoms with van der Waals surface area (Å²) in [6.45, 7) is 5.89. The average molecular weight is 103 g/mol. The molecule has 7 heavy (non-hydrogen) atoms. The van der Waals surface area contributed by atoms with Gasteiger partial charge in [-0.25, -0.2) is 5.48 Å². The van der Waals surface area contributed by atoms with Crippen molar-refractivity contribution in [3.63, 3.8) is 0 Å². The number of nitrogens with one attached hydrogen (secondary N) is 1. The molecular weight excluding hydrogens is 90.1 g/mol. The molecule has 0 aromatic heterocycles. The van der Waals surface area contributed by atoms with E-state index < -0.39 is 0 Å². The minimum Gasteiger partial charge on any atom is -0.316 e. The minimum absolute atomic E-state index is 0.111.